The predicted octanol–water partition coefficient (Wildman–Crippen LogP) is 4.16. The third kappa shape index (κ3) is 4.60. The molecule has 0 N–H and O–H groups in total. The van der Waals surface area contributed by atoms with Crippen LogP contribution >= 0.6 is 11.8 Å². The topological polar surface area (TPSA) is 54.3 Å². The first-order valence-electron chi connectivity index (χ1n) is 10.7. The van der Waals surface area contributed by atoms with Crippen molar-refractivity contribution in [2.24, 2.45) is 5.92 Å². The highest BCUT2D eigenvalue weighted by Gasteiger charge is 2.33. The molecule has 1 amide bonds. The van der Waals surface area contributed by atoms with Crippen molar-refractivity contribution in [2.45, 2.75) is 56.8 Å². The quantitative estimate of drug-likeness (QED) is 0.638. The number of hydrogen-bond donors (Lipinski definition) is 0. The van der Waals surface area contributed by atoms with Gasteiger partial charge in [0.1, 0.15) is 0 Å². The second kappa shape index (κ2) is 8.78. The highest BCUT2D eigenvalue weighted by atomic mass is 32.2. The highest BCUT2D eigenvalue weighted by Crippen LogP contribution is 2.41. The average molecular weight is 414 g/mol. The number of piperidine rings is 1. The maximum atomic E-state index is 12.8. The second-order valence-corrected chi connectivity index (χ2v) is 9.38. The summed E-state index contributed by atoms with van der Waals surface area (Å²) in [6.45, 7) is 6.49. The molecule has 1 saturated carbocycles. The third-order valence-corrected chi connectivity index (χ3v) is 7.13. The lowest BCUT2D eigenvalue weighted by atomic mass is 10.00. The molecule has 6 nitrogen and oxygen atoms in total. The van der Waals surface area contributed by atoms with E-state index in [9.17, 15) is 4.79 Å². The summed E-state index contributed by atoms with van der Waals surface area (Å²) < 4.78 is 2.29. The SMILES string of the molecule is CC1CCN(c2nnc(SCC(=O)N(C)C(C)c3ccccc3)n2C2CC2)CC1. The standard InChI is InChI=1S/C22H31N5OS/c1-16-11-13-26(14-12-16)21-23-24-22(27(21)19-9-10-19)29-15-20(28)25(3)17(2)18-7-5-4-6-8-18/h4-8,16-17,19H,9-15H2,1-3H3. The predicted molar refractivity (Wildman–Crippen MR) is 117 cm³/mol. The Bertz CT molecular complexity index is 827. The van der Waals surface area contributed by atoms with Crippen molar-refractivity contribution >= 4 is 23.6 Å². The Morgan fingerprint density at radius 2 is 1.86 bits per heavy atom. The fourth-order valence-corrected chi connectivity index (χ4v) is 4.77. The lowest BCUT2D eigenvalue weighted by molar-refractivity contribution is -0.128. The van der Waals surface area contributed by atoms with Crippen molar-refractivity contribution in [1.29, 1.82) is 0 Å². The van der Waals surface area contributed by atoms with Crippen molar-refractivity contribution in [3.63, 3.8) is 0 Å². The minimum absolute atomic E-state index is 0.0523. The summed E-state index contributed by atoms with van der Waals surface area (Å²) >= 11 is 1.52. The molecule has 2 heterocycles. The number of rotatable bonds is 7. The Hall–Kier alpha value is -2.02. The largest absolute Gasteiger partial charge is 0.341 e. The first-order chi connectivity index (χ1) is 14.0. The molecule has 0 bridgehead atoms. The summed E-state index contributed by atoms with van der Waals surface area (Å²) in [5, 5.41) is 9.88. The minimum Gasteiger partial charge on any atom is -0.341 e. The summed E-state index contributed by atoms with van der Waals surface area (Å²) in [7, 11) is 1.88. The summed E-state index contributed by atoms with van der Waals surface area (Å²) in [5.41, 5.74) is 1.15. The van der Waals surface area contributed by atoms with Crippen LogP contribution in [0, 0.1) is 5.92 Å². The summed E-state index contributed by atoms with van der Waals surface area (Å²) in [4.78, 5) is 17.0. The number of anilines is 1. The molecule has 1 unspecified atom stereocenters. The first kappa shape index (κ1) is 20.3. The van der Waals surface area contributed by atoms with Crippen LogP contribution in [0.5, 0.6) is 0 Å². The molecular formula is C22H31N5OS. The van der Waals surface area contributed by atoms with Crippen LogP contribution in [0.3, 0.4) is 0 Å². The number of benzene rings is 1. The molecule has 7 heteroatoms. The number of amides is 1. The Labute approximate surface area is 177 Å². The number of carbonyl (C=O) groups is 1. The number of thioether (sulfide) groups is 1. The fourth-order valence-electron chi connectivity index (χ4n) is 3.84. The molecule has 1 saturated heterocycles. The lowest BCUT2D eigenvalue weighted by Gasteiger charge is -2.31. The van der Waals surface area contributed by atoms with Crippen molar-refractivity contribution in [1.82, 2.24) is 19.7 Å². The molecule has 1 aliphatic heterocycles. The van der Waals surface area contributed by atoms with Crippen LogP contribution in [0.15, 0.2) is 35.5 Å². The van der Waals surface area contributed by atoms with Gasteiger partial charge >= 0.3 is 0 Å². The average Bonchev–Trinajstić information content (AvgIpc) is 3.51. The Balaban J connectivity index is 1.41. The molecule has 0 radical (unpaired) electrons. The van der Waals surface area contributed by atoms with Gasteiger partial charge in [-0.2, -0.15) is 0 Å². The Morgan fingerprint density at radius 1 is 1.17 bits per heavy atom. The molecule has 2 aliphatic rings. The van der Waals surface area contributed by atoms with E-state index in [0.29, 0.717) is 11.8 Å². The van der Waals surface area contributed by atoms with Crippen molar-refractivity contribution in [2.75, 3.05) is 30.8 Å². The van der Waals surface area contributed by atoms with Crippen LogP contribution in [0.1, 0.15) is 57.2 Å². The van der Waals surface area contributed by atoms with E-state index in [4.69, 9.17) is 0 Å². The molecule has 2 fully saturated rings. The van der Waals surface area contributed by atoms with E-state index in [-0.39, 0.29) is 11.9 Å². The zero-order chi connectivity index (χ0) is 20.4. The lowest BCUT2D eigenvalue weighted by Crippen LogP contribution is -2.34. The van der Waals surface area contributed by atoms with Crippen LogP contribution in [0.25, 0.3) is 0 Å². The van der Waals surface area contributed by atoms with E-state index in [1.807, 2.05) is 30.1 Å². The van der Waals surface area contributed by atoms with E-state index < -0.39 is 0 Å². The monoisotopic (exact) mass is 413 g/mol. The van der Waals surface area contributed by atoms with E-state index in [2.05, 4.69) is 45.6 Å². The minimum atomic E-state index is 0.0523. The normalized spacial score (nSPS) is 18.7. The zero-order valence-corrected chi connectivity index (χ0v) is 18.4. The summed E-state index contributed by atoms with van der Waals surface area (Å²) in [6, 6.07) is 10.7. The summed E-state index contributed by atoms with van der Waals surface area (Å²) in [5.74, 6) is 2.29. The van der Waals surface area contributed by atoms with Gasteiger partial charge in [-0.15, -0.1) is 10.2 Å². The Kier molecular flexibility index (Phi) is 6.13. The van der Waals surface area contributed by atoms with Crippen LogP contribution in [0.2, 0.25) is 0 Å². The van der Waals surface area contributed by atoms with Gasteiger partial charge < -0.3 is 9.80 Å². The van der Waals surface area contributed by atoms with Gasteiger partial charge in [-0.05, 0) is 44.1 Å². The molecule has 1 atom stereocenters. The van der Waals surface area contributed by atoms with Crippen LogP contribution in [-0.4, -0.2) is 51.5 Å². The molecule has 1 aromatic heterocycles. The third-order valence-electron chi connectivity index (χ3n) is 6.21. The van der Waals surface area contributed by atoms with Crippen LogP contribution in [0.4, 0.5) is 5.95 Å². The number of aromatic nitrogens is 3. The Morgan fingerprint density at radius 3 is 2.52 bits per heavy atom. The van der Waals surface area contributed by atoms with Gasteiger partial charge in [0.2, 0.25) is 11.9 Å². The van der Waals surface area contributed by atoms with Gasteiger partial charge in [0, 0.05) is 26.2 Å². The van der Waals surface area contributed by atoms with E-state index >= 15 is 0 Å². The fraction of sp³-hybridized carbons (Fsp3) is 0.591. The van der Waals surface area contributed by atoms with Crippen LogP contribution < -0.4 is 4.90 Å². The maximum Gasteiger partial charge on any atom is 0.233 e. The molecule has 2 aromatic rings. The molecule has 1 aliphatic carbocycles. The maximum absolute atomic E-state index is 12.8. The van der Waals surface area contributed by atoms with Gasteiger partial charge in [-0.3, -0.25) is 9.36 Å². The second-order valence-electron chi connectivity index (χ2n) is 8.43. The zero-order valence-electron chi connectivity index (χ0n) is 17.6. The van der Waals surface area contributed by atoms with Gasteiger partial charge in [0.25, 0.3) is 0 Å². The van der Waals surface area contributed by atoms with E-state index in [0.717, 1.165) is 35.7 Å². The van der Waals surface area contributed by atoms with Gasteiger partial charge in [0.05, 0.1) is 11.8 Å². The molecular weight excluding hydrogens is 382 g/mol. The number of carbonyl (C=O) groups excluding carboxylic acids is 1. The molecule has 156 valence electrons. The molecule has 4 rings (SSSR count). The van der Waals surface area contributed by atoms with Crippen LogP contribution in [-0.2, 0) is 4.79 Å². The molecule has 1 aromatic carbocycles. The number of nitrogens with zero attached hydrogens (tertiary/aromatic N) is 5. The van der Waals surface area contributed by atoms with Gasteiger partial charge in [-0.1, -0.05) is 49.0 Å². The van der Waals surface area contributed by atoms with Crippen molar-refractivity contribution in [3.8, 4) is 0 Å². The van der Waals surface area contributed by atoms with Gasteiger partial charge in [0.15, 0.2) is 5.16 Å². The van der Waals surface area contributed by atoms with Crippen molar-refractivity contribution < 1.29 is 4.79 Å². The van der Waals surface area contributed by atoms with E-state index in [1.165, 1.54) is 37.4 Å². The summed E-state index contributed by atoms with van der Waals surface area (Å²) in [6.07, 6.45) is 4.78. The van der Waals surface area contributed by atoms with Gasteiger partial charge in [-0.25, -0.2) is 0 Å². The molecule has 29 heavy (non-hydrogen) atoms. The smallest absolute Gasteiger partial charge is 0.233 e. The first-order valence-corrected chi connectivity index (χ1v) is 11.7. The number of hydrogen-bond acceptors (Lipinski definition) is 5. The van der Waals surface area contributed by atoms with Crippen molar-refractivity contribution in [3.05, 3.63) is 35.9 Å². The highest BCUT2D eigenvalue weighted by molar-refractivity contribution is 7.99. The molecule has 0 spiro atoms. The van der Waals surface area contributed by atoms with E-state index in [1.54, 1.807) is 0 Å².